The van der Waals surface area contributed by atoms with Crippen molar-refractivity contribution in [2.75, 3.05) is 0 Å². The number of hydrogen-bond donors (Lipinski definition) is 0. The lowest BCUT2D eigenvalue weighted by atomic mass is 10.0. The standard InChI is InChI=1S/C9H6BrClFN/c1-5(4-13)6-2-8(11)7(10)3-9(6)12/h2-3,5H,1H3. The zero-order valence-corrected chi connectivity index (χ0v) is 9.16. The van der Waals surface area contributed by atoms with E-state index in [1.54, 1.807) is 6.92 Å². The first kappa shape index (κ1) is 10.5. The summed E-state index contributed by atoms with van der Waals surface area (Å²) >= 11 is 8.86. The molecule has 0 amide bonds. The minimum atomic E-state index is -0.481. The third kappa shape index (κ3) is 2.20. The summed E-state index contributed by atoms with van der Waals surface area (Å²) in [6, 6.07) is 4.69. The van der Waals surface area contributed by atoms with Gasteiger partial charge in [-0.25, -0.2) is 4.39 Å². The molecule has 0 aromatic heterocycles. The van der Waals surface area contributed by atoms with Gasteiger partial charge in [0.1, 0.15) is 5.82 Å². The van der Waals surface area contributed by atoms with Crippen LogP contribution in [0.4, 0.5) is 4.39 Å². The largest absolute Gasteiger partial charge is 0.207 e. The fourth-order valence-corrected chi connectivity index (χ4v) is 1.43. The van der Waals surface area contributed by atoms with Crippen molar-refractivity contribution < 1.29 is 4.39 Å². The fraction of sp³-hybridized carbons (Fsp3) is 0.222. The highest BCUT2D eigenvalue weighted by Crippen LogP contribution is 2.29. The van der Waals surface area contributed by atoms with E-state index in [1.807, 2.05) is 6.07 Å². The van der Waals surface area contributed by atoms with Crippen LogP contribution in [0.5, 0.6) is 0 Å². The Bertz CT molecular complexity index is 373. The van der Waals surface area contributed by atoms with Crippen molar-refractivity contribution in [3.8, 4) is 6.07 Å². The summed E-state index contributed by atoms with van der Waals surface area (Å²) in [5.41, 5.74) is 0.329. The second-order valence-electron chi connectivity index (χ2n) is 2.64. The van der Waals surface area contributed by atoms with Crippen molar-refractivity contribution in [1.29, 1.82) is 5.26 Å². The van der Waals surface area contributed by atoms with Crippen LogP contribution in [0.1, 0.15) is 18.4 Å². The molecule has 0 aliphatic rings. The molecule has 0 spiro atoms. The van der Waals surface area contributed by atoms with E-state index >= 15 is 0 Å². The van der Waals surface area contributed by atoms with Gasteiger partial charge in [0.25, 0.3) is 0 Å². The van der Waals surface area contributed by atoms with Crippen LogP contribution in [-0.4, -0.2) is 0 Å². The monoisotopic (exact) mass is 261 g/mol. The first-order valence-corrected chi connectivity index (χ1v) is 4.77. The van der Waals surface area contributed by atoms with Crippen molar-refractivity contribution >= 4 is 27.5 Å². The Morgan fingerprint density at radius 2 is 2.23 bits per heavy atom. The van der Waals surface area contributed by atoms with Crippen LogP contribution >= 0.6 is 27.5 Å². The van der Waals surface area contributed by atoms with Crippen molar-refractivity contribution in [3.63, 3.8) is 0 Å². The second kappa shape index (κ2) is 4.08. The van der Waals surface area contributed by atoms with Crippen LogP contribution in [0, 0.1) is 17.1 Å². The lowest BCUT2D eigenvalue weighted by Crippen LogP contribution is -1.94. The molecule has 1 rings (SSSR count). The highest BCUT2D eigenvalue weighted by atomic mass is 79.9. The van der Waals surface area contributed by atoms with E-state index in [0.717, 1.165) is 0 Å². The fourth-order valence-electron chi connectivity index (χ4n) is 0.939. The van der Waals surface area contributed by atoms with Gasteiger partial charge in [-0.15, -0.1) is 0 Å². The number of nitriles is 1. The van der Waals surface area contributed by atoms with E-state index in [0.29, 0.717) is 15.1 Å². The number of halogens is 3. The third-order valence-electron chi connectivity index (χ3n) is 1.70. The Labute approximate surface area is 89.3 Å². The van der Waals surface area contributed by atoms with Crippen LogP contribution in [0.25, 0.3) is 0 Å². The normalized spacial score (nSPS) is 12.2. The lowest BCUT2D eigenvalue weighted by molar-refractivity contribution is 0.605. The van der Waals surface area contributed by atoms with E-state index in [4.69, 9.17) is 16.9 Å². The van der Waals surface area contributed by atoms with Crippen LogP contribution in [-0.2, 0) is 0 Å². The van der Waals surface area contributed by atoms with Crippen LogP contribution in [0.15, 0.2) is 16.6 Å². The Balaban J connectivity index is 3.25. The molecule has 1 aromatic carbocycles. The second-order valence-corrected chi connectivity index (χ2v) is 3.90. The summed E-state index contributed by atoms with van der Waals surface area (Å²) in [7, 11) is 0. The molecule has 0 bridgehead atoms. The average molecular weight is 263 g/mol. The van der Waals surface area contributed by atoms with Gasteiger partial charge in [0.2, 0.25) is 0 Å². The average Bonchev–Trinajstić information content (AvgIpc) is 2.10. The van der Waals surface area contributed by atoms with Gasteiger partial charge in [-0.2, -0.15) is 5.26 Å². The molecule has 0 radical (unpaired) electrons. The first-order chi connectivity index (χ1) is 6.06. The van der Waals surface area contributed by atoms with Crippen LogP contribution in [0.2, 0.25) is 5.02 Å². The van der Waals surface area contributed by atoms with Gasteiger partial charge >= 0.3 is 0 Å². The molecule has 0 fully saturated rings. The van der Waals surface area contributed by atoms with Crippen LogP contribution < -0.4 is 0 Å². The van der Waals surface area contributed by atoms with Crippen molar-refractivity contribution in [2.45, 2.75) is 12.8 Å². The molecule has 1 aromatic rings. The zero-order valence-electron chi connectivity index (χ0n) is 6.81. The van der Waals surface area contributed by atoms with Gasteiger partial charge in [-0.1, -0.05) is 11.6 Å². The number of hydrogen-bond acceptors (Lipinski definition) is 1. The summed E-state index contributed by atoms with van der Waals surface area (Å²) in [6.07, 6.45) is 0. The van der Waals surface area contributed by atoms with Crippen LogP contribution in [0.3, 0.4) is 0 Å². The Morgan fingerprint density at radius 3 is 2.77 bits per heavy atom. The highest BCUT2D eigenvalue weighted by molar-refractivity contribution is 9.10. The lowest BCUT2D eigenvalue weighted by Gasteiger charge is -2.06. The number of rotatable bonds is 1. The van der Waals surface area contributed by atoms with E-state index in [-0.39, 0.29) is 0 Å². The molecule has 1 atom stereocenters. The van der Waals surface area contributed by atoms with Gasteiger partial charge in [-0.05, 0) is 35.0 Å². The van der Waals surface area contributed by atoms with Gasteiger partial charge in [0, 0.05) is 10.0 Å². The van der Waals surface area contributed by atoms with Crippen molar-refractivity contribution in [1.82, 2.24) is 0 Å². The summed E-state index contributed by atoms with van der Waals surface area (Å²) in [6.45, 7) is 1.63. The topological polar surface area (TPSA) is 23.8 Å². The molecule has 1 nitrogen and oxygen atoms in total. The third-order valence-corrected chi connectivity index (χ3v) is 2.90. The maximum absolute atomic E-state index is 13.2. The summed E-state index contributed by atoms with van der Waals surface area (Å²) in [5.74, 6) is -0.893. The molecule has 0 aliphatic carbocycles. The van der Waals surface area contributed by atoms with Gasteiger partial charge in [-0.3, -0.25) is 0 Å². The van der Waals surface area contributed by atoms with E-state index in [1.165, 1.54) is 12.1 Å². The molecule has 0 saturated carbocycles. The minimum absolute atomic E-state index is 0.329. The molecular weight excluding hydrogens is 256 g/mol. The van der Waals surface area contributed by atoms with Gasteiger partial charge < -0.3 is 0 Å². The summed E-state index contributed by atoms with van der Waals surface area (Å²) < 4.78 is 13.7. The van der Waals surface area contributed by atoms with Crippen molar-refractivity contribution in [2.24, 2.45) is 0 Å². The molecule has 68 valence electrons. The minimum Gasteiger partial charge on any atom is -0.207 e. The predicted molar refractivity (Wildman–Crippen MR) is 53.1 cm³/mol. The van der Waals surface area contributed by atoms with Gasteiger partial charge in [0.05, 0.1) is 17.0 Å². The van der Waals surface area contributed by atoms with E-state index in [9.17, 15) is 4.39 Å². The zero-order chi connectivity index (χ0) is 10.0. The summed E-state index contributed by atoms with van der Waals surface area (Å²) in [5, 5.41) is 9.02. The predicted octanol–water partition coefficient (Wildman–Crippen LogP) is 3.87. The smallest absolute Gasteiger partial charge is 0.128 e. The highest BCUT2D eigenvalue weighted by Gasteiger charge is 2.12. The first-order valence-electron chi connectivity index (χ1n) is 3.60. The molecule has 0 N–H and O–H groups in total. The summed E-state index contributed by atoms with van der Waals surface area (Å²) in [4.78, 5) is 0. The Morgan fingerprint density at radius 1 is 1.62 bits per heavy atom. The SMILES string of the molecule is CC(C#N)c1cc(Cl)c(Br)cc1F. The van der Waals surface area contributed by atoms with Crippen molar-refractivity contribution in [3.05, 3.63) is 33.0 Å². The molecule has 0 aliphatic heterocycles. The Kier molecular flexibility index (Phi) is 3.29. The molecule has 0 saturated heterocycles. The quantitative estimate of drug-likeness (QED) is 0.705. The number of benzene rings is 1. The number of nitrogens with zero attached hydrogens (tertiary/aromatic N) is 1. The van der Waals surface area contributed by atoms with E-state index in [2.05, 4.69) is 15.9 Å². The maximum atomic E-state index is 13.2. The van der Waals surface area contributed by atoms with Gasteiger partial charge in [0.15, 0.2) is 0 Å². The molecule has 4 heteroatoms. The molecular formula is C9H6BrClFN. The molecule has 13 heavy (non-hydrogen) atoms. The maximum Gasteiger partial charge on any atom is 0.128 e. The molecule has 1 unspecified atom stereocenters. The van der Waals surface area contributed by atoms with E-state index < -0.39 is 11.7 Å². The Hall–Kier alpha value is -0.590. The molecule has 0 heterocycles.